The van der Waals surface area contributed by atoms with Crippen LogP contribution in [0.2, 0.25) is 0 Å². The van der Waals surface area contributed by atoms with Gasteiger partial charge in [-0.25, -0.2) is 0 Å². The number of carbonyl (C=O) groups excluding carboxylic acids is 1. The van der Waals surface area contributed by atoms with Crippen molar-refractivity contribution < 1.29 is 18.0 Å². The van der Waals surface area contributed by atoms with Crippen LogP contribution in [0.4, 0.5) is 18.9 Å². The van der Waals surface area contributed by atoms with Crippen LogP contribution in [-0.2, 0) is 17.4 Å². The number of nitrogens with zero attached hydrogens (tertiary/aromatic N) is 3. The maximum absolute atomic E-state index is 13.2. The van der Waals surface area contributed by atoms with Crippen LogP contribution in [0.5, 0.6) is 0 Å². The maximum atomic E-state index is 13.2. The summed E-state index contributed by atoms with van der Waals surface area (Å²) in [6, 6.07) is 18.4. The van der Waals surface area contributed by atoms with Gasteiger partial charge in [-0.15, -0.1) is 21.5 Å². The molecule has 4 rings (SSSR count). The van der Waals surface area contributed by atoms with E-state index < -0.39 is 17.6 Å². The number of hydrogen-bond acceptors (Lipinski definition) is 5. The van der Waals surface area contributed by atoms with E-state index in [0.29, 0.717) is 17.4 Å². The zero-order chi connectivity index (χ0) is 22.6. The summed E-state index contributed by atoms with van der Waals surface area (Å²) in [6.07, 6.45) is -3.98. The smallest absolute Gasteiger partial charge is 0.325 e. The minimum atomic E-state index is -4.55. The van der Waals surface area contributed by atoms with E-state index in [9.17, 15) is 18.0 Å². The lowest BCUT2D eigenvalue weighted by molar-refractivity contribution is -0.137. The van der Waals surface area contributed by atoms with E-state index in [-0.39, 0.29) is 11.4 Å². The Morgan fingerprint density at radius 2 is 1.75 bits per heavy atom. The molecule has 0 atom stereocenters. The third-order valence-corrected chi connectivity index (χ3v) is 6.27. The lowest BCUT2D eigenvalue weighted by Crippen LogP contribution is -2.18. The molecular formula is C22H17F3N4OS2. The predicted molar refractivity (Wildman–Crippen MR) is 119 cm³/mol. The highest BCUT2D eigenvalue weighted by molar-refractivity contribution is 7.99. The van der Waals surface area contributed by atoms with Gasteiger partial charge in [0, 0.05) is 17.0 Å². The molecular weight excluding hydrogens is 457 g/mol. The first-order valence-electron chi connectivity index (χ1n) is 9.53. The minimum absolute atomic E-state index is 0.115. The van der Waals surface area contributed by atoms with E-state index in [1.165, 1.54) is 18.2 Å². The van der Waals surface area contributed by atoms with E-state index >= 15 is 0 Å². The molecule has 0 aliphatic rings. The number of rotatable bonds is 7. The van der Waals surface area contributed by atoms with Gasteiger partial charge in [0.1, 0.15) is 5.82 Å². The van der Waals surface area contributed by atoms with Crippen molar-refractivity contribution in [2.24, 2.45) is 0 Å². The summed E-state index contributed by atoms with van der Waals surface area (Å²) in [4.78, 5) is 13.5. The zero-order valence-electron chi connectivity index (χ0n) is 16.5. The van der Waals surface area contributed by atoms with Crippen molar-refractivity contribution in [2.45, 2.75) is 17.8 Å². The first-order chi connectivity index (χ1) is 15.4. The SMILES string of the molecule is O=C(CSc1nnc(Cc2cccs2)n1-c1ccccc1)Nc1ccccc1C(F)(F)F. The maximum Gasteiger partial charge on any atom is 0.418 e. The number of hydrogen-bond donors (Lipinski definition) is 1. The molecule has 0 spiro atoms. The van der Waals surface area contributed by atoms with Gasteiger partial charge in [-0.1, -0.05) is 48.2 Å². The Hall–Kier alpha value is -3.11. The fourth-order valence-electron chi connectivity index (χ4n) is 3.07. The van der Waals surface area contributed by atoms with Crippen LogP contribution in [0.25, 0.3) is 5.69 Å². The van der Waals surface area contributed by atoms with Crippen LogP contribution in [0.1, 0.15) is 16.3 Å². The van der Waals surface area contributed by atoms with Crippen LogP contribution >= 0.6 is 23.1 Å². The molecule has 2 aromatic heterocycles. The average molecular weight is 475 g/mol. The van der Waals surface area contributed by atoms with Gasteiger partial charge >= 0.3 is 6.18 Å². The van der Waals surface area contributed by atoms with Gasteiger partial charge in [-0.3, -0.25) is 9.36 Å². The number of thiophene rings is 1. The second-order valence-electron chi connectivity index (χ2n) is 6.71. The van der Waals surface area contributed by atoms with E-state index in [2.05, 4.69) is 15.5 Å². The molecule has 0 aliphatic carbocycles. The largest absolute Gasteiger partial charge is 0.418 e. The number of benzene rings is 2. The van der Waals surface area contributed by atoms with Crippen LogP contribution in [-0.4, -0.2) is 26.4 Å². The summed E-state index contributed by atoms with van der Waals surface area (Å²) >= 11 is 2.73. The summed E-state index contributed by atoms with van der Waals surface area (Å²) in [5.74, 6) is 0.0361. The lowest BCUT2D eigenvalue weighted by Gasteiger charge is -2.13. The summed E-state index contributed by atoms with van der Waals surface area (Å²) in [5.41, 5.74) is -0.313. The van der Waals surface area contributed by atoms with Crippen molar-refractivity contribution in [3.63, 3.8) is 0 Å². The number of aromatic nitrogens is 3. The molecule has 0 fully saturated rings. The van der Waals surface area contributed by atoms with Gasteiger partial charge in [0.25, 0.3) is 0 Å². The fraction of sp³-hybridized carbons (Fsp3) is 0.136. The molecule has 0 saturated carbocycles. The molecule has 1 amide bonds. The molecule has 10 heteroatoms. The van der Waals surface area contributed by atoms with Crippen LogP contribution in [0.15, 0.2) is 77.3 Å². The van der Waals surface area contributed by atoms with E-state index in [0.717, 1.165) is 28.4 Å². The number of thioether (sulfide) groups is 1. The van der Waals surface area contributed by atoms with Gasteiger partial charge in [0.15, 0.2) is 5.16 Å². The molecule has 0 aliphatic heterocycles. The van der Waals surface area contributed by atoms with E-state index in [1.54, 1.807) is 11.3 Å². The van der Waals surface area contributed by atoms with Gasteiger partial charge in [0.2, 0.25) is 5.91 Å². The molecule has 0 saturated heterocycles. The highest BCUT2D eigenvalue weighted by Gasteiger charge is 2.33. The zero-order valence-corrected chi connectivity index (χ0v) is 18.2. The van der Waals surface area contributed by atoms with Gasteiger partial charge in [-0.05, 0) is 35.7 Å². The minimum Gasteiger partial charge on any atom is -0.325 e. The Bertz CT molecular complexity index is 1190. The summed E-state index contributed by atoms with van der Waals surface area (Å²) in [6.45, 7) is 0. The number of nitrogens with one attached hydrogen (secondary N) is 1. The summed E-state index contributed by atoms with van der Waals surface area (Å²) < 4.78 is 41.4. The van der Waals surface area contributed by atoms with Crippen LogP contribution in [0, 0.1) is 0 Å². The van der Waals surface area contributed by atoms with Crippen LogP contribution in [0.3, 0.4) is 0 Å². The second-order valence-corrected chi connectivity index (χ2v) is 8.68. The average Bonchev–Trinajstić information content (AvgIpc) is 3.43. The Balaban J connectivity index is 1.52. The molecule has 164 valence electrons. The van der Waals surface area contributed by atoms with Crippen molar-refractivity contribution in [3.05, 3.63) is 88.4 Å². The van der Waals surface area contributed by atoms with Crippen molar-refractivity contribution in [3.8, 4) is 5.69 Å². The fourth-order valence-corrected chi connectivity index (χ4v) is 4.54. The monoisotopic (exact) mass is 474 g/mol. The predicted octanol–water partition coefficient (Wildman–Crippen LogP) is 5.67. The molecule has 0 unspecified atom stereocenters. The molecule has 4 aromatic rings. The van der Waals surface area contributed by atoms with Gasteiger partial charge in [-0.2, -0.15) is 13.2 Å². The number of halogens is 3. The van der Waals surface area contributed by atoms with Gasteiger partial charge in [0.05, 0.1) is 17.0 Å². The highest BCUT2D eigenvalue weighted by Crippen LogP contribution is 2.34. The van der Waals surface area contributed by atoms with Crippen molar-refractivity contribution >= 4 is 34.7 Å². The first kappa shape index (κ1) is 22.1. The highest BCUT2D eigenvalue weighted by atomic mass is 32.2. The molecule has 5 nitrogen and oxygen atoms in total. The van der Waals surface area contributed by atoms with Crippen molar-refractivity contribution in [1.29, 1.82) is 0 Å². The number of carbonyl (C=O) groups is 1. The number of anilines is 1. The van der Waals surface area contributed by atoms with Crippen LogP contribution < -0.4 is 5.32 Å². The number of para-hydroxylation sites is 2. The Kier molecular flexibility index (Phi) is 6.61. The Morgan fingerprint density at radius 3 is 2.47 bits per heavy atom. The molecule has 0 bridgehead atoms. The topological polar surface area (TPSA) is 59.8 Å². The lowest BCUT2D eigenvalue weighted by atomic mass is 10.1. The second kappa shape index (κ2) is 9.58. The quantitative estimate of drug-likeness (QED) is 0.351. The van der Waals surface area contributed by atoms with Gasteiger partial charge < -0.3 is 5.32 Å². The van der Waals surface area contributed by atoms with E-state index in [4.69, 9.17) is 0 Å². The summed E-state index contributed by atoms with van der Waals surface area (Å²) in [7, 11) is 0. The van der Waals surface area contributed by atoms with Crippen molar-refractivity contribution in [1.82, 2.24) is 14.8 Å². The third-order valence-electron chi connectivity index (χ3n) is 4.47. The molecule has 0 radical (unpaired) electrons. The Morgan fingerprint density at radius 1 is 1.00 bits per heavy atom. The van der Waals surface area contributed by atoms with Crippen molar-refractivity contribution in [2.75, 3.05) is 11.1 Å². The molecule has 2 heterocycles. The standard InChI is InChI=1S/C22H17F3N4OS2/c23-22(24,25)17-10-4-5-11-18(17)26-20(30)14-32-21-28-27-19(13-16-9-6-12-31-16)29(21)15-7-2-1-3-8-15/h1-12H,13-14H2,(H,26,30). The first-order valence-corrected chi connectivity index (χ1v) is 11.4. The number of alkyl halides is 3. The molecule has 32 heavy (non-hydrogen) atoms. The molecule has 1 N–H and O–H groups in total. The number of amides is 1. The summed E-state index contributed by atoms with van der Waals surface area (Å²) in [5, 5.41) is 13.3. The Labute approximate surface area is 190 Å². The molecule has 2 aromatic carbocycles. The normalized spacial score (nSPS) is 11.5. The van der Waals surface area contributed by atoms with E-state index in [1.807, 2.05) is 52.4 Å². The third kappa shape index (κ3) is 5.20.